The van der Waals surface area contributed by atoms with Crippen molar-refractivity contribution in [2.45, 2.75) is 0 Å². The molecule has 0 bridgehead atoms. The Labute approximate surface area is 165 Å². The maximum atomic E-state index is 12.2. The summed E-state index contributed by atoms with van der Waals surface area (Å²) in [5.74, 6) is -0.169. The molecule has 0 saturated heterocycles. The molecule has 0 unspecified atom stereocenters. The zero-order chi connectivity index (χ0) is 15.6. The van der Waals surface area contributed by atoms with Crippen LogP contribution in [0.25, 0.3) is 27.6 Å². The van der Waals surface area contributed by atoms with Crippen LogP contribution < -0.4 is 34.7 Å². The second kappa shape index (κ2) is 7.32. The fourth-order valence-electron chi connectivity index (χ4n) is 2.35. The monoisotopic (exact) mass is 341 g/mol. The maximum Gasteiger partial charge on any atom is 1.00 e. The first-order valence-corrected chi connectivity index (χ1v) is 8.03. The first-order chi connectivity index (χ1) is 11.3. The zero-order valence-corrected chi connectivity index (χ0v) is 15.9. The molecule has 0 aliphatic carbocycles. The maximum absolute atomic E-state index is 12.2. The van der Waals surface area contributed by atoms with E-state index in [-0.39, 0.29) is 35.4 Å². The van der Waals surface area contributed by atoms with Crippen LogP contribution in [0, 0.1) is 0 Å². The van der Waals surface area contributed by atoms with E-state index >= 15 is 0 Å². The van der Waals surface area contributed by atoms with Gasteiger partial charge in [-0.2, -0.15) is 5.10 Å². The van der Waals surface area contributed by atoms with Crippen molar-refractivity contribution in [3.8, 4) is 33.5 Å². The van der Waals surface area contributed by atoms with Crippen molar-refractivity contribution in [3.63, 3.8) is 0 Å². The summed E-state index contributed by atoms with van der Waals surface area (Å²) in [7, 11) is 0. The van der Waals surface area contributed by atoms with Crippen LogP contribution in [0.4, 0.5) is 0 Å². The normalized spacial score (nSPS) is 10.3. The third-order valence-corrected chi connectivity index (χ3v) is 4.31. The molecule has 0 fully saturated rings. The summed E-state index contributed by atoms with van der Waals surface area (Å²) >= 11 is 1.41. The van der Waals surface area contributed by atoms with Gasteiger partial charge in [-0.25, -0.2) is 9.67 Å². The molecule has 0 aliphatic rings. The molecule has 2 aromatic heterocycles. The molecular weight excluding hydrogens is 329 g/mol. The molecule has 0 atom stereocenters. The van der Waals surface area contributed by atoms with Gasteiger partial charge < -0.3 is 5.11 Å². The van der Waals surface area contributed by atoms with Crippen LogP contribution in [0.15, 0.2) is 72.1 Å². The fourth-order valence-corrected chi connectivity index (χ4v) is 3.14. The van der Waals surface area contributed by atoms with E-state index in [0.29, 0.717) is 10.8 Å². The number of thiazole rings is 1. The van der Waals surface area contributed by atoms with E-state index in [1.54, 1.807) is 6.07 Å². The number of rotatable bonds is 3. The van der Waals surface area contributed by atoms with Crippen LogP contribution in [0.3, 0.4) is 0 Å². The van der Waals surface area contributed by atoms with E-state index in [1.807, 2.05) is 66.0 Å². The van der Waals surface area contributed by atoms with Crippen molar-refractivity contribution in [2.24, 2.45) is 0 Å². The molecule has 0 aliphatic heterocycles. The molecule has 112 valence electrons. The predicted octanol–water partition coefficient (Wildman–Crippen LogP) is 0.740. The molecule has 4 aromatic rings. The van der Waals surface area contributed by atoms with Crippen LogP contribution >= 0.6 is 11.3 Å². The van der Waals surface area contributed by atoms with Gasteiger partial charge in [0.15, 0.2) is 0 Å². The molecule has 4 nitrogen and oxygen atoms in total. The van der Waals surface area contributed by atoms with Gasteiger partial charge >= 0.3 is 29.6 Å². The molecule has 0 radical (unpaired) electrons. The summed E-state index contributed by atoms with van der Waals surface area (Å²) in [6, 6.07) is 21.1. The third-order valence-electron chi connectivity index (χ3n) is 3.49. The van der Waals surface area contributed by atoms with Crippen molar-refractivity contribution in [2.75, 3.05) is 0 Å². The smallest absolute Gasteiger partial charge is 0.858 e. The molecule has 0 N–H and O–H groups in total. The molecular formula is C18H12N3NaOS. The first-order valence-electron chi connectivity index (χ1n) is 7.15. The Balaban J connectivity index is 0.00000169. The zero-order valence-electron chi connectivity index (χ0n) is 13.1. The molecule has 24 heavy (non-hydrogen) atoms. The topological polar surface area (TPSA) is 53.8 Å². The van der Waals surface area contributed by atoms with E-state index in [0.717, 1.165) is 16.8 Å². The standard InChI is InChI=1S/C18H13N3OS.Na/c22-17-11-15(13-7-3-1-4-8-13)20-21(17)18-19-16(12-23-18)14-9-5-2-6-10-14;/h1-12,22H;/q;+1/p-1. The van der Waals surface area contributed by atoms with Crippen molar-refractivity contribution in [1.29, 1.82) is 0 Å². The minimum Gasteiger partial charge on any atom is -0.858 e. The predicted molar refractivity (Wildman–Crippen MR) is 89.6 cm³/mol. The average Bonchev–Trinajstić information content (AvgIpc) is 3.23. The Morgan fingerprint density at radius 1 is 0.833 bits per heavy atom. The van der Waals surface area contributed by atoms with E-state index in [1.165, 1.54) is 16.0 Å². The van der Waals surface area contributed by atoms with Crippen molar-refractivity contribution >= 4 is 11.3 Å². The molecule has 2 aromatic carbocycles. The SMILES string of the molecule is [Na+].[O-]c1cc(-c2ccccc2)nn1-c1nc(-c2ccccc2)cs1. The molecule has 4 rings (SSSR count). The number of hydrogen-bond donors (Lipinski definition) is 0. The molecule has 0 saturated carbocycles. The number of benzene rings is 2. The second-order valence-corrected chi connectivity index (χ2v) is 5.86. The minimum absolute atomic E-state index is 0. The van der Waals surface area contributed by atoms with Crippen molar-refractivity contribution in [1.82, 2.24) is 14.8 Å². The Bertz CT molecular complexity index is 935. The first kappa shape index (κ1) is 16.9. The summed E-state index contributed by atoms with van der Waals surface area (Å²) in [4.78, 5) is 4.54. The fraction of sp³-hybridized carbons (Fsp3) is 0. The Morgan fingerprint density at radius 3 is 2.04 bits per heavy atom. The number of aromatic nitrogens is 3. The number of hydrogen-bond acceptors (Lipinski definition) is 4. The number of nitrogens with zero attached hydrogens (tertiary/aromatic N) is 3. The van der Waals surface area contributed by atoms with Crippen LogP contribution in [0.2, 0.25) is 0 Å². The third kappa shape index (κ3) is 3.30. The van der Waals surface area contributed by atoms with Gasteiger partial charge in [-0.1, -0.05) is 60.7 Å². The van der Waals surface area contributed by atoms with Crippen LogP contribution in [0.1, 0.15) is 0 Å². The van der Waals surface area contributed by atoms with Crippen LogP contribution in [-0.2, 0) is 0 Å². The van der Waals surface area contributed by atoms with E-state index < -0.39 is 0 Å². The molecule has 2 heterocycles. The minimum atomic E-state index is -0.169. The molecule has 0 spiro atoms. The Morgan fingerprint density at radius 2 is 1.42 bits per heavy atom. The Hall–Kier alpha value is -1.92. The van der Waals surface area contributed by atoms with Crippen molar-refractivity contribution in [3.05, 3.63) is 72.1 Å². The van der Waals surface area contributed by atoms with Gasteiger partial charge in [0.1, 0.15) is 0 Å². The van der Waals surface area contributed by atoms with E-state index in [4.69, 9.17) is 0 Å². The molecule has 0 amide bonds. The van der Waals surface area contributed by atoms with Gasteiger partial charge in [-0.3, -0.25) is 0 Å². The van der Waals surface area contributed by atoms with Gasteiger partial charge in [-0.05, 0) is 11.9 Å². The van der Waals surface area contributed by atoms with Gasteiger partial charge in [0.2, 0.25) is 5.13 Å². The van der Waals surface area contributed by atoms with E-state index in [2.05, 4.69) is 10.1 Å². The van der Waals surface area contributed by atoms with E-state index in [9.17, 15) is 5.11 Å². The van der Waals surface area contributed by atoms with Gasteiger partial charge in [0.25, 0.3) is 0 Å². The quantitative estimate of drug-likeness (QED) is 0.517. The Kier molecular flexibility index (Phi) is 5.16. The summed E-state index contributed by atoms with van der Waals surface area (Å²) in [6.45, 7) is 0. The van der Waals surface area contributed by atoms with Gasteiger partial charge in [0, 0.05) is 16.5 Å². The van der Waals surface area contributed by atoms with Crippen molar-refractivity contribution < 1.29 is 34.7 Å². The molecule has 6 heteroatoms. The summed E-state index contributed by atoms with van der Waals surface area (Å²) in [6.07, 6.45) is 0. The second-order valence-electron chi connectivity index (χ2n) is 5.03. The van der Waals surface area contributed by atoms with Crippen LogP contribution in [-0.4, -0.2) is 14.8 Å². The summed E-state index contributed by atoms with van der Waals surface area (Å²) < 4.78 is 1.36. The average molecular weight is 341 g/mol. The van der Waals surface area contributed by atoms with Crippen LogP contribution in [0.5, 0.6) is 5.88 Å². The summed E-state index contributed by atoms with van der Waals surface area (Å²) in [5, 5.41) is 19.2. The van der Waals surface area contributed by atoms with Gasteiger partial charge in [0.05, 0.1) is 11.4 Å². The summed E-state index contributed by atoms with van der Waals surface area (Å²) in [5.41, 5.74) is 3.45. The van der Waals surface area contributed by atoms with Gasteiger partial charge in [-0.15, -0.1) is 11.3 Å². The largest absolute Gasteiger partial charge is 1.00 e.